The van der Waals surface area contributed by atoms with Gasteiger partial charge in [-0.25, -0.2) is 0 Å². The summed E-state index contributed by atoms with van der Waals surface area (Å²) in [5, 5.41) is 2.03. The molecule has 0 atom stereocenters. The van der Waals surface area contributed by atoms with Gasteiger partial charge in [-0.15, -0.1) is 0 Å². The van der Waals surface area contributed by atoms with Crippen molar-refractivity contribution in [1.29, 1.82) is 0 Å². The van der Waals surface area contributed by atoms with Crippen LogP contribution in [0.4, 0.5) is 0 Å². The molecular weight excluding hydrogens is 392 g/mol. The van der Waals surface area contributed by atoms with E-state index in [0.717, 1.165) is 16.3 Å². The van der Waals surface area contributed by atoms with Crippen LogP contribution in [0.2, 0.25) is 0 Å². The maximum atomic E-state index is 13.1. The highest BCUT2D eigenvalue weighted by Crippen LogP contribution is 2.26. The second kappa shape index (κ2) is 9.50. The van der Waals surface area contributed by atoms with Gasteiger partial charge in [0.05, 0.1) is 12.5 Å². The fourth-order valence-corrected chi connectivity index (χ4v) is 4.77. The number of rotatable bonds is 4. The van der Waals surface area contributed by atoms with Gasteiger partial charge in [-0.2, -0.15) is 0 Å². The van der Waals surface area contributed by atoms with E-state index in [1.165, 1.54) is 0 Å². The van der Waals surface area contributed by atoms with Crippen molar-refractivity contribution in [2.45, 2.75) is 32.6 Å². The number of nitrogens with zero attached hydrogens (tertiary/aromatic N) is 2. The minimum Gasteiger partial charge on any atom is -0.466 e. The molecule has 4 rings (SSSR count). The Morgan fingerprint density at radius 1 is 0.839 bits per heavy atom. The highest BCUT2D eigenvalue weighted by atomic mass is 16.5. The molecule has 2 saturated heterocycles. The molecule has 2 aliphatic rings. The van der Waals surface area contributed by atoms with Crippen molar-refractivity contribution in [2.75, 3.05) is 32.8 Å². The quantitative estimate of drug-likeness (QED) is 0.708. The van der Waals surface area contributed by atoms with Crippen LogP contribution in [-0.2, 0) is 14.3 Å². The van der Waals surface area contributed by atoms with Gasteiger partial charge in [0.25, 0.3) is 5.91 Å². The third-order valence-corrected chi connectivity index (χ3v) is 6.58. The Kier molecular flexibility index (Phi) is 6.54. The molecule has 2 amide bonds. The Morgan fingerprint density at radius 3 is 2.16 bits per heavy atom. The van der Waals surface area contributed by atoms with Gasteiger partial charge in [-0.3, -0.25) is 14.4 Å². The summed E-state index contributed by atoms with van der Waals surface area (Å²) < 4.78 is 5.11. The number of hydrogen-bond acceptors (Lipinski definition) is 4. The number of esters is 1. The second-order valence-corrected chi connectivity index (χ2v) is 8.44. The summed E-state index contributed by atoms with van der Waals surface area (Å²) >= 11 is 0. The molecule has 31 heavy (non-hydrogen) atoms. The van der Waals surface area contributed by atoms with Crippen molar-refractivity contribution in [2.24, 2.45) is 11.8 Å². The van der Waals surface area contributed by atoms with Crippen LogP contribution in [0.5, 0.6) is 0 Å². The van der Waals surface area contributed by atoms with Crippen LogP contribution in [-0.4, -0.2) is 60.4 Å². The number of carbonyl (C=O) groups excluding carboxylic acids is 3. The van der Waals surface area contributed by atoms with E-state index in [0.29, 0.717) is 58.5 Å². The summed E-state index contributed by atoms with van der Waals surface area (Å²) in [5.41, 5.74) is 0.726. The van der Waals surface area contributed by atoms with Crippen molar-refractivity contribution >= 4 is 28.6 Å². The van der Waals surface area contributed by atoms with Gasteiger partial charge < -0.3 is 14.5 Å². The monoisotopic (exact) mass is 422 g/mol. The molecule has 2 aliphatic heterocycles. The maximum Gasteiger partial charge on any atom is 0.309 e. The zero-order chi connectivity index (χ0) is 21.8. The van der Waals surface area contributed by atoms with Crippen LogP contribution in [0.1, 0.15) is 43.0 Å². The molecule has 164 valence electrons. The van der Waals surface area contributed by atoms with Crippen LogP contribution in [0.25, 0.3) is 10.8 Å². The molecule has 6 nitrogen and oxygen atoms in total. The molecule has 0 bridgehead atoms. The summed E-state index contributed by atoms with van der Waals surface area (Å²) in [7, 11) is 0. The van der Waals surface area contributed by atoms with Crippen LogP contribution in [0.3, 0.4) is 0 Å². The van der Waals surface area contributed by atoms with Gasteiger partial charge in [-0.1, -0.05) is 36.4 Å². The summed E-state index contributed by atoms with van der Waals surface area (Å²) in [6.45, 7) is 4.62. The highest BCUT2D eigenvalue weighted by molar-refractivity contribution is 6.07. The highest BCUT2D eigenvalue weighted by Gasteiger charge is 2.34. The predicted molar refractivity (Wildman–Crippen MR) is 119 cm³/mol. The second-order valence-electron chi connectivity index (χ2n) is 8.44. The Morgan fingerprint density at radius 2 is 1.45 bits per heavy atom. The largest absolute Gasteiger partial charge is 0.466 e. The van der Waals surface area contributed by atoms with Crippen molar-refractivity contribution in [3.8, 4) is 0 Å². The lowest BCUT2D eigenvalue weighted by atomic mass is 9.91. The Bertz CT molecular complexity index is 952. The van der Waals surface area contributed by atoms with E-state index in [9.17, 15) is 14.4 Å². The van der Waals surface area contributed by atoms with Crippen molar-refractivity contribution < 1.29 is 19.1 Å². The fraction of sp³-hybridized carbons (Fsp3) is 0.480. The van der Waals surface area contributed by atoms with E-state index in [2.05, 4.69) is 0 Å². The van der Waals surface area contributed by atoms with E-state index in [1.54, 1.807) is 0 Å². The van der Waals surface area contributed by atoms with Gasteiger partial charge >= 0.3 is 5.97 Å². The molecule has 0 N–H and O–H groups in total. The van der Waals surface area contributed by atoms with Gasteiger partial charge in [0.1, 0.15) is 0 Å². The molecule has 0 spiro atoms. The molecule has 0 saturated carbocycles. The number of piperidine rings is 2. The van der Waals surface area contributed by atoms with E-state index in [-0.39, 0.29) is 29.6 Å². The minimum atomic E-state index is -0.144. The molecule has 2 heterocycles. The summed E-state index contributed by atoms with van der Waals surface area (Å²) in [4.78, 5) is 41.8. The first-order valence-corrected chi connectivity index (χ1v) is 11.3. The van der Waals surface area contributed by atoms with Gasteiger partial charge in [-0.05, 0) is 49.4 Å². The Labute approximate surface area is 183 Å². The minimum absolute atomic E-state index is 0.0398. The smallest absolute Gasteiger partial charge is 0.309 e. The van der Waals surface area contributed by atoms with Crippen molar-refractivity contribution in [1.82, 2.24) is 9.80 Å². The predicted octanol–water partition coefficient (Wildman–Crippen LogP) is 3.49. The topological polar surface area (TPSA) is 66.9 Å². The summed E-state index contributed by atoms with van der Waals surface area (Å²) in [6.07, 6.45) is 2.71. The number of amides is 2. The molecule has 0 radical (unpaired) electrons. The van der Waals surface area contributed by atoms with Crippen LogP contribution in [0.15, 0.2) is 42.5 Å². The first-order valence-electron chi connectivity index (χ1n) is 11.3. The Hall–Kier alpha value is -2.89. The lowest BCUT2D eigenvalue weighted by Gasteiger charge is -2.37. The third-order valence-electron chi connectivity index (χ3n) is 6.58. The molecule has 0 aromatic heterocycles. The normalized spacial score (nSPS) is 18.2. The lowest BCUT2D eigenvalue weighted by molar-refractivity contribution is -0.152. The molecule has 2 aromatic rings. The number of ether oxygens (including phenoxy) is 1. The summed E-state index contributed by atoms with van der Waals surface area (Å²) in [6, 6.07) is 13.8. The zero-order valence-electron chi connectivity index (χ0n) is 18.1. The van der Waals surface area contributed by atoms with Crippen LogP contribution < -0.4 is 0 Å². The zero-order valence-corrected chi connectivity index (χ0v) is 18.1. The molecule has 2 fully saturated rings. The van der Waals surface area contributed by atoms with Crippen molar-refractivity contribution in [3.63, 3.8) is 0 Å². The standard InChI is InChI=1S/C25H30N2O4/c1-2-31-25(30)20-12-16-26(17-13-20)23(28)19-10-14-27(15-11-19)24(29)22-9-5-7-18-6-3-4-8-21(18)22/h3-9,19-20H,2,10-17H2,1H3. The van der Waals surface area contributed by atoms with E-state index in [1.807, 2.05) is 59.2 Å². The number of hydrogen-bond donors (Lipinski definition) is 0. The Balaban J connectivity index is 1.32. The number of fused-ring (bicyclic) bond motifs is 1. The number of benzene rings is 2. The number of likely N-dealkylation sites (tertiary alicyclic amines) is 2. The van der Waals surface area contributed by atoms with Crippen molar-refractivity contribution in [3.05, 3.63) is 48.0 Å². The average molecular weight is 423 g/mol. The van der Waals surface area contributed by atoms with E-state index < -0.39 is 0 Å². The fourth-order valence-electron chi connectivity index (χ4n) is 4.77. The first-order chi connectivity index (χ1) is 15.1. The van der Waals surface area contributed by atoms with Crippen LogP contribution in [0, 0.1) is 11.8 Å². The van der Waals surface area contributed by atoms with Crippen LogP contribution >= 0.6 is 0 Å². The molecule has 0 aliphatic carbocycles. The third kappa shape index (κ3) is 4.58. The number of carbonyl (C=O) groups is 3. The molecular formula is C25H30N2O4. The summed E-state index contributed by atoms with van der Waals surface area (Å²) in [5.74, 6) is -0.0766. The SMILES string of the molecule is CCOC(=O)C1CCN(C(=O)C2CCN(C(=O)c3cccc4ccccc34)CC2)CC1. The molecule has 0 unspecified atom stereocenters. The molecule has 6 heteroatoms. The van der Waals surface area contributed by atoms with Gasteiger partial charge in [0.15, 0.2) is 0 Å². The molecule has 2 aromatic carbocycles. The van der Waals surface area contributed by atoms with E-state index >= 15 is 0 Å². The van der Waals surface area contributed by atoms with Gasteiger partial charge in [0, 0.05) is 37.7 Å². The lowest BCUT2D eigenvalue weighted by Crippen LogP contribution is -2.47. The first kappa shape index (κ1) is 21.3. The maximum absolute atomic E-state index is 13.1. The van der Waals surface area contributed by atoms with Gasteiger partial charge in [0.2, 0.25) is 5.91 Å². The van der Waals surface area contributed by atoms with E-state index in [4.69, 9.17) is 4.74 Å². The average Bonchev–Trinajstić information content (AvgIpc) is 2.83.